The summed E-state index contributed by atoms with van der Waals surface area (Å²) in [6.45, 7) is 1.14. The van der Waals surface area contributed by atoms with Crippen LogP contribution in [-0.2, 0) is 6.54 Å². The number of rotatable bonds is 7. The molecule has 1 unspecified atom stereocenters. The molecular formula is C13H15BrN2O3S. The van der Waals surface area contributed by atoms with Crippen LogP contribution in [0.3, 0.4) is 0 Å². The van der Waals surface area contributed by atoms with E-state index in [1.807, 2.05) is 24.3 Å². The average Bonchev–Trinajstić information content (AvgIpc) is 2.84. The number of aliphatic hydroxyl groups excluding tert-OH is 1. The van der Waals surface area contributed by atoms with E-state index >= 15 is 0 Å². The molecule has 5 nitrogen and oxygen atoms in total. The van der Waals surface area contributed by atoms with E-state index in [0.717, 1.165) is 27.3 Å². The number of benzene rings is 1. The van der Waals surface area contributed by atoms with Crippen LogP contribution in [0.15, 0.2) is 38.9 Å². The Hall–Kier alpha value is -1.15. The first-order chi connectivity index (χ1) is 9.63. The van der Waals surface area contributed by atoms with E-state index in [1.54, 1.807) is 5.38 Å². The first-order valence-corrected chi connectivity index (χ1v) is 7.74. The number of aliphatic hydroxyl groups is 1. The SMILES string of the molecule is O=c1[nH]c(CNCC(O)COc2ccc(Br)cc2)cs1. The Balaban J connectivity index is 1.66. The van der Waals surface area contributed by atoms with Crippen LogP contribution in [0.25, 0.3) is 0 Å². The van der Waals surface area contributed by atoms with E-state index < -0.39 is 6.10 Å². The van der Waals surface area contributed by atoms with Gasteiger partial charge in [-0.3, -0.25) is 4.79 Å². The molecule has 0 aliphatic carbocycles. The van der Waals surface area contributed by atoms with Crippen molar-refractivity contribution >= 4 is 27.3 Å². The van der Waals surface area contributed by atoms with Gasteiger partial charge in [-0.05, 0) is 24.3 Å². The third-order valence-electron chi connectivity index (χ3n) is 2.52. The summed E-state index contributed by atoms with van der Waals surface area (Å²) in [5.41, 5.74) is 0.820. The fraction of sp³-hybridized carbons (Fsp3) is 0.308. The summed E-state index contributed by atoms with van der Waals surface area (Å²) in [5.74, 6) is 0.717. The second kappa shape index (κ2) is 7.58. The number of aromatic nitrogens is 1. The molecule has 0 saturated heterocycles. The Labute approximate surface area is 128 Å². The van der Waals surface area contributed by atoms with Crippen molar-refractivity contribution in [3.8, 4) is 5.75 Å². The van der Waals surface area contributed by atoms with Gasteiger partial charge in [-0.2, -0.15) is 0 Å². The van der Waals surface area contributed by atoms with Crippen LogP contribution in [0.1, 0.15) is 5.69 Å². The topological polar surface area (TPSA) is 74.4 Å². The van der Waals surface area contributed by atoms with Crippen LogP contribution in [0, 0.1) is 0 Å². The van der Waals surface area contributed by atoms with Gasteiger partial charge in [0.1, 0.15) is 18.5 Å². The molecule has 7 heteroatoms. The van der Waals surface area contributed by atoms with Crippen LogP contribution < -0.4 is 14.9 Å². The zero-order chi connectivity index (χ0) is 14.4. The highest BCUT2D eigenvalue weighted by molar-refractivity contribution is 9.10. The highest BCUT2D eigenvalue weighted by Gasteiger charge is 2.05. The summed E-state index contributed by atoms with van der Waals surface area (Å²) in [7, 11) is 0. The van der Waals surface area contributed by atoms with Gasteiger partial charge in [-0.1, -0.05) is 27.3 Å². The molecule has 1 atom stereocenters. The lowest BCUT2D eigenvalue weighted by atomic mass is 10.3. The highest BCUT2D eigenvalue weighted by Crippen LogP contribution is 2.16. The predicted octanol–water partition coefficient (Wildman–Crippen LogP) is 1.73. The smallest absolute Gasteiger partial charge is 0.304 e. The first kappa shape index (κ1) is 15.2. The van der Waals surface area contributed by atoms with Gasteiger partial charge in [0.2, 0.25) is 0 Å². The molecule has 1 heterocycles. The van der Waals surface area contributed by atoms with Gasteiger partial charge in [-0.15, -0.1) is 0 Å². The Morgan fingerprint density at radius 2 is 2.15 bits per heavy atom. The predicted molar refractivity (Wildman–Crippen MR) is 82.3 cm³/mol. The molecule has 0 amide bonds. The minimum absolute atomic E-state index is 0.0686. The van der Waals surface area contributed by atoms with E-state index in [9.17, 15) is 9.90 Å². The second-order valence-corrected chi connectivity index (χ2v) is 5.98. The van der Waals surface area contributed by atoms with Crippen molar-refractivity contribution in [1.29, 1.82) is 0 Å². The number of hydrogen-bond acceptors (Lipinski definition) is 5. The number of ether oxygens (including phenoxy) is 1. The van der Waals surface area contributed by atoms with Gasteiger partial charge in [0, 0.05) is 28.6 Å². The Bertz CT molecular complexity index is 582. The third kappa shape index (κ3) is 5.09. The van der Waals surface area contributed by atoms with Gasteiger partial charge in [0.25, 0.3) is 0 Å². The maximum atomic E-state index is 10.9. The number of hydrogen-bond donors (Lipinski definition) is 3. The lowest BCUT2D eigenvalue weighted by molar-refractivity contribution is 0.106. The van der Waals surface area contributed by atoms with Gasteiger partial charge in [0.05, 0.1) is 0 Å². The van der Waals surface area contributed by atoms with Crippen LogP contribution in [0.4, 0.5) is 0 Å². The van der Waals surface area contributed by atoms with E-state index in [4.69, 9.17) is 4.74 Å². The molecular weight excluding hydrogens is 344 g/mol. The molecule has 0 radical (unpaired) electrons. The van der Waals surface area contributed by atoms with Crippen LogP contribution in [-0.4, -0.2) is 29.3 Å². The van der Waals surface area contributed by atoms with Crippen molar-refractivity contribution in [2.24, 2.45) is 0 Å². The zero-order valence-electron chi connectivity index (χ0n) is 10.6. The molecule has 0 spiro atoms. The van der Waals surface area contributed by atoms with Crippen LogP contribution >= 0.6 is 27.3 Å². The highest BCUT2D eigenvalue weighted by atomic mass is 79.9. The van der Waals surface area contributed by atoms with E-state index in [1.165, 1.54) is 0 Å². The van der Waals surface area contributed by atoms with Gasteiger partial charge >= 0.3 is 4.87 Å². The number of halogens is 1. The minimum Gasteiger partial charge on any atom is -0.491 e. The number of aromatic amines is 1. The molecule has 2 rings (SSSR count). The van der Waals surface area contributed by atoms with Crippen molar-refractivity contribution in [1.82, 2.24) is 10.3 Å². The van der Waals surface area contributed by atoms with Crippen molar-refractivity contribution in [2.45, 2.75) is 12.6 Å². The molecule has 2 aromatic rings. The molecule has 108 valence electrons. The normalized spacial score (nSPS) is 12.3. The largest absolute Gasteiger partial charge is 0.491 e. The zero-order valence-corrected chi connectivity index (χ0v) is 13.0. The molecule has 0 bridgehead atoms. The summed E-state index contributed by atoms with van der Waals surface area (Å²) in [6.07, 6.45) is -0.607. The molecule has 3 N–H and O–H groups in total. The van der Waals surface area contributed by atoms with Crippen molar-refractivity contribution in [2.75, 3.05) is 13.2 Å². The lowest BCUT2D eigenvalue weighted by Gasteiger charge is -2.13. The van der Waals surface area contributed by atoms with Gasteiger partial charge in [0.15, 0.2) is 0 Å². The van der Waals surface area contributed by atoms with Gasteiger partial charge < -0.3 is 20.1 Å². The van der Waals surface area contributed by atoms with E-state index in [-0.39, 0.29) is 11.5 Å². The minimum atomic E-state index is -0.607. The number of nitrogens with one attached hydrogen (secondary N) is 2. The fourth-order valence-corrected chi connectivity index (χ4v) is 2.40. The maximum absolute atomic E-state index is 10.9. The third-order valence-corrected chi connectivity index (χ3v) is 3.77. The molecule has 1 aromatic heterocycles. The summed E-state index contributed by atoms with van der Waals surface area (Å²) in [6, 6.07) is 7.43. The van der Waals surface area contributed by atoms with Crippen molar-refractivity contribution in [3.05, 3.63) is 49.5 Å². The second-order valence-electron chi connectivity index (χ2n) is 4.22. The maximum Gasteiger partial charge on any atom is 0.304 e. The quantitative estimate of drug-likeness (QED) is 0.704. The van der Waals surface area contributed by atoms with Gasteiger partial charge in [-0.25, -0.2) is 0 Å². The van der Waals surface area contributed by atoms with Crippen molar-refractivity contribution in [3.63, 3.8) is 0 Å². The number of thiazole rings is 1. The fourth-order valence-electron chi connectivity index (χ4n) is 1.56. The molecule has 0 fully saturated rings. The molecule has 20 heavy (non-hydrogen) atoms. The Morgan fingerprint density at radius 3 is 2.80 bits per heavy atom. The molecule has 1 aromatic carbocycles. The summed E-state index contributed by atoms with van der Waals surface area (Å²) in [4.78, 5) is 13.6. The standard InChI is InChI=1S/C13H15BrN2O3S/c14-9-1-3-12(4-2-9)19-7-11(17)6-15-5-10-8-20-13(18)16-10/h1-4,8,11,15,17H,5-7H2,(H,16,18). The summed E-state index contributed by atoms with van der Waals surface area (Å²) < 4.78 is 6.45. The van der Waals surface area contributed by atoms with Crippen LogP contribution in [0.5, 0.6) is 5.75 Å². The monoisotopic (exact) mass is 358 g/mol. The molecule has 0 saturated carbocycles. The summed E-state index contributed by atoms with van der Waals surface area (Å²) in [5, 5.41) is 14.6. The van der Waals surface area contributed by atoms with Crippen LogP contribution in [0.2, 0.25) is 0 Å². The van der Waals surface area contributed by atoms with E-state index in [0.29, 0.717) is 13.1 Å². The molecule has 0 aliphatic heterocycles. The molecule has 0 aliphatic rings. The lowest BCUT2D eigenvalue weighted by Crippen LogP contribution is -2.31. The first-order valence-electron chi connectivity index (χ1n) is 6.07. The van der Waals surface area contributed by atoms with Crippen molar-refractivity contribution < 1.29 is 9.84 Å². The van der Waals surface area contributed by atoms with E-state index in [2.05, 4.69) is 26.2 Å². The number of H-pyrrole nitrogens is 1. The average molecular weight is 359 g/mol. The summed E-state index contributed by atoms with van der Waals surface area (Å²) >= 11 is 4.47. The Morgan fingerprint density at radius 1 is 1.40 bits per heavy atom. The Kier molecular flexibility index (Phi) is 5.78.